The quantitative estimate of drug-likeness (QED) is 0.697. The van der Waals surface area contributed by atoms with Crippen molar-refractivity contribution in [3.63, 3.8) is 0 Å². The van der Waals surface area contributed by atoms with Gasteiger partial charge in [-0.15, -0.1) is 0 Å². The lowest BCUT2D eigenvalue weighted by Gasteiger charge is -2.36. The Balaban J connectivity index is 4.72. The molecule has 0 rings (SSSR count). The zero-order valence-electron chi connectivity index (χ0n) is 13.6. The van der Waals surface area contributed by atoms with E-state index in [2.05, 4.69) is 32.6 Å². The molecule has 0 aromatic carbocycles. The van der Waals surface area contributed by atoms with Crippen molar-refractivity contribution in [3.8, 4) is 0 Å². The second-order valence-electron chi connectivity index (χ2n) is 5.84. The van der Waals surface area contributed by atoms with Crippen LogP contribution in [0.25, 0.3) is 0 Å². The number of nitrogens with two attached hydrogens (primary N) is 1. The highest BCUT2D eigenvalue weighted by atomic mass is 16.2. The highest BCUT2D eigenvalue weighted by molar-refractivity contribution is 5.76. The third kappa shape index (κ3) is 6.39. The molecule has 0 aliphatic rings. The largest absolute Gasteiger partial charge is 0.343 e. The number of hydrogen-bond donors (Lipinski definition) is 1. The SMILES string of the molecule is CCN(CC)C(=O)CC(CN)N(CC(C)C)C(C)C. The van der Waals surface area contributed by atoms with Crippen LogP contribution < -0.4 is 5.73 Å². The lowest BCUT2D eigenvalue weighted by molar-refractivity contribution is -0.132. The molecule has 19 heavy (non-hydrogen) atoms. The van der Waals surface area contributed by atoms with Gasteiger partial charge in [0.05, 0.1) is 0 Å². The van der Waals surface area contributed by atoms with Gasteiger partial charge in [0, 0.05) is 44.7 Å². The monoisotopic (exact) mass is 271 g/mol. The van der Waals surface area contributed by atoms with Crippen molar-refractivity contribution >= 4 is 5.91 Å². The maximum absolute atomic E-state index is 12.2. The van der Waals surface area contributed by atoms with Gasteiger partial charge in [0.1, 0.15) is 0 Å². The second-order valence-corrected chi connectivity index (χ2v) is 5.84. The van der Waals surface area contributed by atoms with E-state index < -0.39 is 0 Å². The summed E-state index contributed by atoms with van der Waals surface area (Å²) in [6.45, 7) is 15.9. The summed E-state index contributed by atoms with van der Waals surface area (Å²) in [5, 5.41) is 0. The van der Waals surface area contributed by atoms with Crippen LogP contribution in [0, 0.1) is 5.92 Å². The topological polar surface area (TPSA) is 49.6 Å². The molecule has 0 aromatic heterocycles. The molecule has 0 spiro atoms. The first-order valence-corrected chi connectivity index (χ1v) is 7.60. The summed E-state index contributed by atoms with van der Waals surface area (Å²) in [5.74, 6) is 0.801. The van der Waals surface area contributed by atoms with E-state index in [9.17, 15) is 4.79 Å². The number of nitrogens with zero attached hydrogens (tertiary/aromatic N) is 2. The van der Waals surface area contributed by atoms with Crippen LogP contribution >= 0.6 is 0 Å². The average Bonchev–Trinajstić information content (AvgIpc) is 2.34. The van der Waals surface area contributed by atoms with Crippen molar-refractivity contribution < 1.29 is 4.79 Å². The van der Waals surface area contributed by atoms with E-state index in [1.807, 2.05) is 18.7 Å². The molecular weight excluding hydrogens is 238 g/mol. The molecule has 4 heteroatoms. The van der Waals surface area contributed by atoms with Crippen LogP contribution in [0.1, 0.15) is 48.0 Å². The van der Waals surface area contributed by atoms with Crippen LogP contribution in [-0.2, 0) is 4.79 Å². The van der Waals surface area contributed by atoms with Gasteiger partial charge in [-0.25, -0.2) is 0 Å². The normalized spacial score (nSPS) is 13.4. The first-order chi connectivity index (χ1) is 8.87. The minimum absolute atomic E-state index is 0.149. The Labute approximate surface area is 119 Å². The fourth-order valence-electron chi connectivity index (χ4n) is 2.45. The molecule has 0 saturated carbocycles. The molecule has 0 aromatic rings. The molecule has 0 bridgehead atoms. The Kier molecular flexibility index (Phi) is 9.02. The van der Waals surface area contributed by atoms with E-state index in [4.69, 9.17) is 5.73 Å². The van der Waals surface area contributed by atoms with Crippen molar-refractivity contribution in [2.45, 2.75) is 60.0 Å². The van der Waals surface area contributed by atoms with Gasteiger partial charge in [0.2, 0.25) is 5.91 Å². The summed E-state index contributed by atoms with van der Waals surface area (Å²) in [5.41, 5.74) is 5.91. The van der Waals surface area contributed by atoms with Gasteiger partial charge in [0.15, 0.2) is 0 Å². The minimum Gasteiger partial charge on any atom is -0.343 e. The molecule has 0 aliphatic heterocycles. The number of carbonyl (C=O) groups is 1. The van der Waals surface area contributed by atoms with E-state index in [0.717, 1.165) is 19.6 Å². The molecular formula is C15H33N3O. The van der Waals surface area contributed by atoms with Crippen molar-refractivity contribution in [2.75, 3.05) is 26.2 Å². The van der Waals surface area contributed by atoms with E-state index in [1.165, 1.54) is 0 Å². The summed E-state index contributed by atoms with van der Waals surface area (Å²) < 4.78 is 0. The smallest absolute Gasteiger partial charge is 0.224 e. The maximum Gasteiger partial charge on any atom is 0.224 e. The number of rotatable bonds is 9. The Hall–Kier alpha value is -0.610. The van der Waals surface area contributed by atoms with Crippen molar-refractivity contribution in [1.29, 1.82) is 0 Å². The molecule has 0 fully saturated rings. The third-order valence-electron chi connectivity index (χ3n) is 3.51. The van der Waals surface area contributed by atoms with E-state index in [0.29, 0.717) is 24.9 Å². The van der Waals surface area contributed by atoms with Crippen LogP contribution in [-0.4, -0.2) is 54.0 Å². The van der Waals surface area contributed by atoms with Gasteiger partial charge in [-0.2, -0.15) is 0 Å². The molecule has 0 saturated heterocycles. The van der Waals surface area contributed by atoms with Gasteiger partial charge < -0.3 is 10.6 Å². The summed E-state index contributed by atoms with van der Waals surface area (Å²) in [4.78, 5) is 16.5. The van der Waals surface area contributed by atoms with Crippen LogP contribution in [0.15, 0.2) is 0 Å². The van der Waals surface area contributed by atoms with Crippen LogP contribution in [0.5, 0.6) is 0 Å². The van der Waals surface area contributed by atoms with E-state index in [1.54, 1.807) is 0 Å². The highest BCUT2D eigenvalue weighted by Crippen LogP contribution is 2.13. The summed E-state index contributed by atoms with van der Waals surface area (Å²) in [7, 11) is 0. The van der Waals surface area contributed by atoms with Crippen LogP contribution in [0.4, 0.5) is 0 Å². The molecule has 1 amide bonds. The van der Waals surface area contributed by atoms with Crippen LogP contribution in [0.2, 0.25) is 0 Å². The molecule has 0 heterocycles. The number of hydrogen-bond acceptors (Lipinski definition) is 3. The summed E-state index contributed by atoms with van der Waals surface area (Å²) in [6.07, 6.45) is 0.531. The summed E-state index contributed by atoms with van der Waals surface area (Å²) in [6, 6.07) is 0.566. The third-order valence-corrected chi connectivity index (χ3v) is 3.51. The Morgan fingerprint density at radius 2 is 1.63 bits per heavy atom. The molecule has 0 radical (unpaired) electrons. The number of carbonyl (C=O) groups excluding carboxylic acids is 1. The zero-order valence-corrected chi connectivity index (χ0v) is 13.6. The lowest BCUT2D eigenvalue weighted by Crippen LogP contribution is -2.49. The molecule has 1 atom stereocenters. The minimum atomic E-state index is 0.149. The zero-order chi connectivity index (χ0) is 15.0. The van der Waals surface area contributed by atoms with Gasteiger partial charge >= 0.3 is 0 Å². The van der Waals surface area contributed by atoms with Gasteiger partial charge in [-0.05, 0) is 33.6 Å². The maximum atomic E-state index is 12.2. The lowest BCUT2D eigenvalue weighted by atomic mass is 10.1. The first-order valence-electron chi connectivity index (χ1n) is 7.60. The van der Waals surface area contributed by atoms with Crippen molar-refractivity contribution in [2.24, 2.45) is 11.7 Å². The predicted molar refractivity (Wildman–Crippen MR) is 82.1 cm³/mol. The molecule has 0 aliphatic carbocycles. The van der Waals surface area contributed by atoms with E-state index >= 15 is 0 Å². The highest BCUT2D eigenvalue weighted by Gasteiger charge is 2.24. The second kappa shape index (κ2) is 9.32. The van der Waals surface area contributed by atoms with Gasteiger partial charge in [0.25, 0.3) is 0 Å². The Morgan fingerprint density at radius 3 is 1.95 bits per heavy atom. The van der Waals surface area contributed by atoms with Gasteiger partial charge in [-0.1, -0.05) is 13.8 Å². The Bertz CT molecular complexity index is 250. The Morgan fingerprint density at radius 1 is 1.11 bits per heavy atom. The average molecular weight is 271 g/mol. The predicted octanol–water partition coefficient (Wildman–Crippen LogP) is 1.94. The van der Waals surface area contributed by atoms with Gasteiger partial charge in [-0.3, -0.25) is 9.69 Å². The van der Waals surface area contributed by atoms with Crippen molar-refractivity contribution in [1.82, 2.24) is 9.80 Å². The molecule has 2 N–H and O–H groups in total. The fourth-order valence-corrected chi connectivity index (χ4v) is 2.45. The molecule has 114 valence electrons. The van der Waals surface area contributed by atoms with Crippen molar-refractivity contribution in [3.05, 3.63) is 0 Å². The standard InChI is InChI=1S/C15H33N3O/c1-7-17(8-2)15(19)9-14(10-16)18(13(5)6)11-12(3)4/h12-14H,7-11,16H2,1-6H3. The van der Waals surface area contributed by atoms with Crippen LogP contribution in [0.3, 0.4) is 0 Å². The molecule has 4 nitrogen and oxygen atoms in total. The number of amides is 1. The van der Waals surface area contributed by atoms with E-state index in [-0.39, 0.29) is 11.9 Å². The fraction of sp³-hybridized carbons (Fsp3) is 0.933. The summed E-state index contributed by atoms with van der Waals surface area (Å²) >= 11 is 0. The first kappa shape index (κ1) is 18.4. The molecule has 1 unspecified atom stereocenters.